The third kappa shape index (κ3) is 1.74. The van der Waals surface area contributed by atoms with E-state index in [2.05, 4.69) is 5.10 Å². The number of carbonyl (C=O) groups excluding carboxylic acids is 1. The molecule has 3 nitrogen and oxygen atoms in total. The van der Waals surface area contributed by atoms with Gasteiger partial charge in [-0.2, -0.15) is 5.10 Å². The van der Waals surface area contributed by atoms with Gasteiger partial charge in [-0.05, 0) is 31.4 Å². The number of rotatable bonds is 1. The van der Waals surface area contributed by atoms with E-state index < -0.39 is 0 Å². The maximum absolute atomic E-state index is 13.8. The monoisotopic (exact) mass is 244 g/mol. The molecule has 0 spiro atoms. The summed E-state index contributed by atoms with van der Waals surface area (Å²) in [6.45, 7) is 0. The van der Waals surface area contributed by atoms with Crippen molar-refractivity contribution in [3.8, 4) is 5.69 Å². The van der Waals surface area contributed by atoms with Crippen LogP contribution < -0.4 is 0 Å². The fourth-order valence-corrected chi connectivity index (χ4v) is 2.39. The molecule has 1 aromatic heterocycles. The van der Waals surface area contributed by atoms with Gasteiger partial charge < -0.3 is 0 Å². The number of halogens is 1. The number of benzene rings is 1. The van der Waals surface area contributed by atoms with Gasteiger partial charge in [0.15, 0.2) is 5.78 Å². The van der Waals surface area contributed by atoms with Gasteiger partial charge in [-0.15, -0.1) is 0 Å². The highest BCUT2D eigenvalue weighted by Gasteiger charge is 2.21. The molecule has 0 fully saturated rings. The van der Waals surface area contributed by atoms with Crippen molar-refractivity contribution >= 4 is 5.78 Å². The number of fused-ring (bicyclic) bond motifs is 1. The standard InChI is InChI=1S/C14H13FN2O/c15-11-5-1-2-7-13(11)17-12-6-3-4-8-14(18)10(12)9-16-17/h1-2,5,7,9H,3-4,6,8H2. The molecule has 0 bridgehead atoms. The lowest BCUT2D eigenvalue weighted by molar-refractivity contribution is 0.0982. The van der Waals surface area contributed by atoms with Crippen LogP contribution in [0.2, 0.25) is 0 Å². The van der Waals surface area contributed by atoms with Gasteiger partial charge in [0.1, 0.15) is 11.5 Å². The van der Waals surface area contributed by atoms with Gasteiger partial charge in [0.25, 0.3) is 0 Å². The second-order valence-corrected chi connectivity index (χ2v) is 4.50. The molecule has 18 heavy (non-hydrogen) atoms. The summed E-state index contributed by atoms with van der Waals surface area (Å²) < 4.78 is 15.3. The Hall–Kier alpha value is -1.97. The topological polar surface area (TPSA) is 34.9 Å². The van der Waals surface area contributed by atoms with Crippen LogP contribution in [-0.4, -0.2) is 15.6 Å². The maximum atomic E-state index is 13.8. The number of aromatic nitrogens is 2. The van der Waals surface area contributed by atoms with Crippen LogP contribution in [0.25, 0.3) is 5.69 Å². The largest absolute Gasteiger partial charge is 0.294 e. The van der Waals surface area contributed by atoms with E-state index in [0.717, 1.165) is 25.0 Å². The lowest BCUT2D eigenvalue weighted by Crippen LogP contribution is -2.06. The molecule has 0 saturated heterocycles. The van der Waals surface area contributed by atoms with E-state index in [9.17, 15) is 9.18 Å². The highest BCUT2D eigenvalue weighted by Crippen LogP contribution is 2.24. The van der Waals surface area contributed by atoms with E-state index in [0.29, 0.717) is 17.7 Å². The van der Waals surface area contributed by atoms with Gasteiger partial charge in [-0.1, -0.05) is 12.1 Å². The molecule has 0 atom stereocenters. The van der Waals surface area contributed by atoms with Crippen LogP contribution in [0.3, 0.4) is 0 Å². The summed E-state index contributed by atoms with van der Waals surface area (Å²) in [5, 5.41) is 4.18. The number of para-hydroxylation sites is 1. The number of carbonyl (C=O) groups is 1. The van der Waals surface area contributed by atoms with E-state index in [1.807, 2.05) is 0 Å². The van der Waals surface area contributed by atoms with Crippen molar-refractivity contribution < 1.29 is 9.18 Å². The Labute approximate surface area is 104 Å². The van der Waals surface area contributed by atoms with Crippen LogP contribution in [0.1, 0.15) is 35.3 Å². The third-order valence-electron chi connectivity index (χ3n) is 3.32. The lowest BCUT2D eigenvalue weighted by atomic mass is 10.1. The van der Waals surface area contributed by atoms with Gasteiger partial charge >= 0.3 is 0 Å². The summed E-state index contributed by atoms with van der Waals surface area (Å²) in [6.07, 6.45) is 4.74. The number of nitrogens with zero attached hydrogens (tertiary/aromatic N) is 2. The average Bonchev–Trinajstić information content (AvgIpc) is 2.70. The molecular weight excluding hydrogens is 231 g/mol. The predicted octanol–water partition coefficient (Wildman–Crippen LogP) is 2.92. The van der Waals surface area contributed by atoms with Gasteiger partial charge in [-0.3, -0.25) is 4.79 Å². The van der Waals surface area contributed by atoms with Gasteiger partial charge in [0.2, 0.25) is 0 Å². The average molecular weight is 244 g/mol. The normalized spacial score (nSPS) is 15.3. The zero-order chi connectivity index (χ0) is 12.5. The van der Waals surface area contributed by atoms with Crippen LogP contribution in [0.4, 0.5) is 4.39 Å². The minimum atomic E-state index is -0.319. The van der Waals surface area contributed by atoms with Crippen molar-refractivity contribution in [3.05, 3.63) is 47.5 Å². The Balaban J connectivity index is 2.15. The second-order valence-electron chi connectivity index (χ2n) is 4.50. The first kappa shape index (κ1) is 11.1. The molecule has 0 radical (unpaired) electrons. The summed E-state index contributed by atoms with van der Waals surface area (Å²) in [7, 11) is 0. The predicted molar refractivity (Wildman–Crippen MR) is 65.4 cm³/mol. The molecule has 92 valence electrons. The van der Waals surface area contributed by atoms with Gasteiger partial charge in [-0.25, -0.2) is 9.07 Å². The smallest absolute Gasteiger partial charge is 0.166 e. The first-order valence-electron chi connectivity index (χ1n) is 6.12. The van der Waals surface area contributed by atoms with Crippen LogP contribution in [0, 0.1) is 5.82 Å². The molecule has 0 aliphatic heterocycles. The number of hydrogen-bond donors (Lipinski definition) is 0. The Morgan fingerprint density at radius 1 is 1.17 bits per heavy atom. The number of Topliss-reactive ketones (excluding diaryl/α,β-unsaturated/α-hetero) is 1. The van der Waals surface area contributed by atoms with Crippen molar-refractivity contribution in [3.63, 3.8) is 0 Å². The van der Waals surface area contributed by atoms with Crippen LogP contribution >= 0.6 is 0 Å². The number of hydrogen-bond acceptors (Lipinski definition) is 2. The molecule has 3 rings (SSSR count). The Bertz CT molecular complexity index is 604. The zero-order valence-electron chi connectivity index (χ0n) is 9.90. The summed E-state index contributed by atoms with van der Waals surface area (Å²) in [4.78, 5) is 11.9. The number of ketones is 1. The molecule has 0 N–H and O–H groups in total. The highest BCUT2D eigenvalue weighted by molar-refractivity contribution is 5.97. The molecule has 1 aromatic carbocycles. The molecule has 1 heterocycles. The summed E-state index contributed by atoms with van der Waals surface area (Å²) in [5.74, 6) is -0.204. The third-order valence-corrected chi connectivity index (χ3v) is 3.32. The lowest BCUT2D eigenvalue weighted by Gasteiger charge is -2.08. The van der Waals surface area contributed by atoms with Gasteiger partial charge in [0.05, 0.1) is 17.5 Å². The summed E-state index contributed by atoms with van der Waals surface area (Å²) in [5.41, 5.74) is 1.90. The zero-order valence-corrected chi connectivity index (χ0v) is 9.90. The van der Waals surface area contributed by atoms with E-state index in [1.165, 1.54) is 6.07 Å². The maximum Gasteiger partial charge on any atom is 0.166 e. The van der Waals surface area contributed by atoms with E-state index in [4.69, 9.17) is 0 Å². The molecule has 1 aliphatic carbocycles. The van der Waals surface area contributed by atoms with Crippen molar-refractivity contribution in [1.82, 2.24) is 9.78 Å². The molecular formula is C14H13FN2O. The van der Waals surface area contributed by atoms with E-state index in [1.54, 1.807) is 29.1 Å². The molecule has 1 aliphatic rings. The molecule has 4 heteroatoms. The van der Waals surface area contributed by atoms with Crippen molar-refractivity contribution in [1.29, 1.82) is 0 Å². The van der Waals surface area contributed by atoms with Crippen molar-refractivity contribution in [2.75, 3.05) is 0 Å². The van der Waals surface area contributed by atoms with Crippen molar-refractivity contribution in [2.24, 2.45) is 0 Å². The van der Waals surface area contributed by atoms with Crippen LogP contribution in [0.5, 0.6) is 0 Å². The second kappa shape index (κ2) is 4.37. The summed E-state index contributed by atoms with van der Waals surface area (Å²) in [6, 6.07) is 6.50. The quantitative estimate of drug-likeness (QED) is 0.723. The fourth-order valence-electron chi connectivity index (χ4n) is 2.39. The SMILES string of the molecule is O=C1CCCCc2c1cnn2-c1ccccc1F. The Morgan fingerprint density at radius 2 is 1.94 bits per heavy atom. The molecule has 0 amide bonds. The minimum Gasteiger partial charge on any atom is -0.294 e. The van der Waals surface area contributed by atoms with Gasteiger partial charge in [0, 0.05) is 6.42 Å². The summed E-state index contributed by atoms with van der Waals surface area (Å²) >= 11 is 0. The first-order chi connectivity index (χ1) is 8.77. The van der Waals surface area contributed by atoms with Crippen molar-refractivity contribution in [2.45, 2.75) is 25.7 Å². The fraction of sp³-hybridized carbons (Fsp3) is 0.286. The molecule has 2 aromatic rings. The first-order valence-corrected chi connectivity index (χ1v) is 6.12. The molecule has 0 saturated carbocycles. The Morgan fingerprint density at radius 3 is 2.78 bits per heavy atom. The molecule has 0 unspecified atom stereocenters. The highest BCUT2D eigenvalue weighted by atomic mass is 19.1. The van der Waals surface area contributed by atoms with E-state index in [-0.39, 0.29) is 11.6 Å². The van der Waals surface area contributed by atoms with Crippen LogP contribution in [0.15, 0.2) is 30.5 Å². The minimum absolute atomic E-state index is 0.116. The van der Waals surface area contributed by atoms with E-state index >= 15 is 0 Å². The Kier molecular flexibility index (Phi) is 2.70. The van der Waals surface area contributed by atoms with Crippen LogP contribution in [-0.2, 0) is 6.42 Å².